The predicted molar refractivity (Wildman–Crippen MR) is 48.2 cm³/mol. The molecule has 1 rings (SSSR count). The lowest BCUT2D eigenvalue weighted by atomic mass is 10.3. The average Bonchev–Trinajstić information content (AvgIpc) is 1.95. The van der Waals surface area contributed by atoms with Gasteiger partial charge >= 0.3 is 0 Å². The summed E-state index contributed by atoms with van der Waals surface area (Å²) in [6.07, 6.45) is 0. The van der Waals surface area contributed by atoms with Crippen molar-refractivity contribution in [1.29, 1.82) is 0 Å². The van der Waals surface area contributed by atoms with Gasteiger partial charge in [0.2, 0.25) is 0 Å². The molecule has 0 spiro atoms. The number of anilines is 1. The number of nitrogens with one attached hydrogen (secondary N) is 1. The van der Waals surface area contributed by atoms with E-state index >= 15 is 0 Å². The lowest BCUT2D eigenvalue weighted by molar-refractivity contribution is 0.629. The molecule has 0 saturated heterocycles. The van der Waals surface area contributed by atoms with Gasteiger partial charge in [0, 0.05) is 7.05 Å². The summed E-state index contributed by atoms with van der Waals surface area (Å²) in [5, 5.41) is 2.91. The van der Waals surface area contributed by atoms with Crippen LogP contribution in [-0.2, 0) is 0 Å². The van der Waals surface area contributed by atoms with Gasteiger partial charge in [-0.05, 0) is 12.1 Å². The van der Waals surface area contributed by atoms with E-state index in [2.05, 4.69) is 5.32 Å². The van der Waals surface area contributed by atoms with Crippen LogP contribution in [0.25, 0.3) is 0 Å². The third-order valence-electron chi connectivity index (χ3n) is 1.22. The molecular formula is C7H8Cl2FN. The molecule has 0 unspecified atom stereocenters. The van der Waals surface area contributed by atoms with Crippen LogP contribution >= 0.6 is 24.0 Å². The average molecular weight is 196 g/mol. The lowest BCUT2D eigenvalue weighted by Crippen LogP contribution is -1.89. The van der Waals surface area contributed by atoms with Crippen molar-refractivity contribution in [2.75, 3.05) is 12.4 Å². The van der Waals surface area contributed by atoms with E-state index < -0.39 is 5.82 Å². The van der Waals surface area contributed by atoms with Gasteiger partial charge in [0.1, 0.15) is 5.82 Å². The summed E-state index contributed by atoms with van der Waals surface area (Å²) >= 11 is 5.56. The minimum atomic E-state index is -0.395. The van der Waals surface area contributed by atoms with Crippen molar-refractivity contribution in [3.05, 3.63) is 29.0 Å². The standard InChI is InChI=1S/C7H7ClFN.ClH/c1-10-6-4-2-3-5(9)7(6)8;/h2-4,10H,1H3;1H. The molecule has 62 valence electrons. The molecule has 1 N–H and O–H groups in total. The molecule has 0 aliphatic carbocycles. The molecule has 11 heavy (non-hydrogen) atoms. The Morgan fingerprint density at radius 3 is 2.55 bits per heavy atom. The zero-order valence-corrected chi connectivity index (χ0v) is 7.47. The molecule has 0 aliphatic rings. The number of halogens is 3. The Morgan fingerprint density at radius 1 is 1.45 bits per heavy atom. The van der Waals surface area contributed by atoms with E-state index in [9.17, 15) is 4.39 Å². The Morgan fingerprint density at radius 2 is 2.09 bits per heavy atom. The van der Waals surface area contributed by atoms with Gasteiger partial charge in [0.25, 0.3) is 0 Å². The molecule has 0 heterocycles. The second-order valence-electron chi connectivity index (χ2n) is 1.85. The first kappa shape index (κ1) is 10.5. The van der Waals surface area contributed by atoms with Gasteiger partial charge in [-0.15, -0.1) is 12.4 Å². The maximum absolute atomic E-state index is 12.6. The first-order valence-electron chi connectivity index (χ1n) is 2.87. The minimum absolute atomic E-state index is 0. The van der Waals surface area contributed by atoms with E-state index in [4.69, 9.17) is 11.6 Å². The molecule has 0 atom stereocenters. The van der Waals surface area contributed by atoms with Crippen molar-refractivity contribution in [1.82, 2.24) is 0 Å². The quantitative estimate of drug-likeness (QED) is 0.727. The van der Waals surface area contributed by atoms with E-state index in [1.54, 1.807) is 19.2 Å². The van der Waals surface area contributed by atoms with Crippen LogP contribution in [0.4, 0.5) is 10.1 Å². The van der Waals surface area contributed by atoms with Crippen LogP contribution in [0.1, 0.15) is 0 Å². The van der Waals surface area contributed by atoms with Crippen molar-refractivity contribution >= 4 is 29.7 Å². The monoisotopic (exact) mass is 195 g/mol. The Hall–Kier alpha value is -0.470. The Labute approximate surface area is 76.0 Å². The molecule has 0 radical (unpaired) electrons. The van der Waals surface area contributed by atoms with Gasteiger partial charge in [-0.2, -0.15) is 0 Å². The molecule has 0 bridgehead atoms. The summed E-state index contributed by atoms with van der Waals surface area (Å²) in [5.74, 6) is -0.395. The molecule has 1 aromatic rings. The number of benzene rings is 1. The molecule has 4 heteroatoms. The van der Waals surface area contributed by atoms with Gasteiger partial charge in [-0.25, -0.2) is 4.39 Å². The van der Waals surface area contributed by atoms with Crippen LogP contribution in [0.2, 0.25) is 5.02 Å². The number of hydrogen-bond donors (Lipinski definition) is 1. The maximum Gasteiger partial charge on any atom is 0.143 e. The summed E-state index contributed by atoms with van der Waals surface area (Å²) in [7, 11) is 1.70. The zero-order valence-electron chi connectivity index (χ0n) is 5.90. The van der Waals surface area contributed by atoms with Gasteiger partial charge in [0.05, 0.1) is 10.7 Å². The second kappa shape index (κ2) is 4.42. The van der Waals surface area contributed by atoms with Crippen molar-refractivity contribution in [2.45, 2.75) is 0 Å². The number of rotatable bonds is 1. The number of hydrogen-bond acceptors (Lipinski definition) is 1. The molecule has 1 aromatic carbocycles. The minimum Gasteiger partial charge on any atom is -0.387 e. The summed E-state index contributed by atoms with van der Waals surface area (Å²) in [4.78, 5) is 0. The summed E-state index contributed by atoms with van der Waals surface area (Å²) in [6.45, 7) is 0. The van der Waals surface area contributed by atoms with Crippen molar-refractivity contribution in [2.24, 2.45) is 0 Å². The fraction of sp³-hybridized carbons (Fsp3) is 0.143. The molecule has 0 aromatic heterocycles. The van der Waals surface area contributed by atoms with E-state index in [-0.39, 0.29) is 17.4 Å². The highest BCUT2D eigenvalue weighted by Crippen LogP contribution is 2.23. The van der Waals surface area contributed by atoms with E-state index in [1.165, 1.54) is 6.07 Å². The van der Waals surface area contributed by atoms with Gasteiger partial charge in [-0.3, -0.25) is 0 Å². The van der Waals surface area contributed by atoms with E-state index in [1.807, 2.05) is 0 Å². The Kier molecular flexibility index (Phi) is 4.23. The van der Waals surface area contributed by atoms with Gasteiger partial charge in [0.15, 0.2) is 0 Å². The first-order chi connectivity index (χ1) is 4.75. The van der Waals surface area contributed by atoms with Crippen LogP contribution in [0.5, 0.6) is 0 Å². The molecule has 0 saturated carbocycles. The van der Waals surface area contributed by atoms with Crippen LogP contribution < -0.4 is 5.32 Å². The van der Waals surface area contributed by atoms with Crippen LogP contribution in [-0.4, -0.2) is 7.05 Å². The SMILES string of the molecule is CNc1cccc(F)c1Cl.Cl. The van der Waals surface area contributed by atoms with Crippen molar-refractivity contribution in [3.63, 3.8) is 0 Å². The highest BCUT2D eigenvalue weighted by Gasteiger charge is 2.01. The van der Waals surface area contributed by atoms with Crippen molar-refractivity contribution in [3.8, 4) is 0 Å². The summed E-state index contributed by atoms with van der Waals surface area (Å²) < 4.78 is 12.6. The van der Waals surface area contributed by atoms with Crippen molar-refractivity contribution < 1.29 is 4.39 Å². The maximum atomic E-state index is 12.6. The molecule has 0 fully saturated rings. The highest BCUT2D eigenvalue weighted by molar-refractivity contribution is 6.33. The summed E-state index contributed by atoms with van der Waals surface area (Å²) in [6, 6.07) is 4.64. The predicted octanol–water partition coefficient (Wildman–Crippen LogP) is 2.94. The normalized spacial score (nSPS) is 8.64. The third kappa shape index (κ3) is 2.24. The van der Waals surface area contributed by atoms with E-state index in [0.29, 0.717) is 5.69 Å². The molecular weight excluding hydrogens is 188 g/mol. The van der Waals surface area contributed by atoms with Crippen LogP contribution in [0, 0.1) is 5.82 Å². The molecule has 0 amide bonds. The molecule has 0 aliphatic heterocycles. The third-order valence-corrected chi connectivity index (χ3v) is 1.61. The van der Waals surface area contributed by atoms with E-state index in [0.717, 1.165) is 0 Å². The zero-order chi connectivity index (χ0) is 7.56. The smallest absolute Gasteiger partial charge is 0.143 e. The fourth-order valence-electron chi connectivity index (χ4n) is 0.697. The lowest BCUT2D eigenvalue weighted by Gasteiger charge is -2.01. The van der Waals surface area contributed by atoms with Gasteiger partial charge < -0.3 is 5.32 Å². The summed E-state index contributed by atoms with van der Waals surface area (Å²) in [5.41, 5.74) is 0.613. The highest BCUT2D eigenvalue weighted by atomic mass is 35.5. The Bertz CT molecular complexity index is 240. The largest absolute Gasteiger partial charge is 0.387 e. The second-order valence-corrected chi connectivity index (χ2v) is 2.23. The fourth-order valence-corrected chi connectivity index (χ4v) is 0.917. The molecule has 1 nitrogen and oxygen atoms in total. The van der Waals surface area contributed by atoms with Gasteiger partial charge in [-0.1, -0.05) is 17.7 Å². The first-order valence-corrected chi connectivity index (χ1v) is 3.25. The van der Waals surface area contributed by atoms with Crippen LogP contribution in [0.3, 0.4) is 0 Å². The Balaban J connectivity index is 0.000001000. The topological polar surface area (TPSA) is 12.0 Å². The van der Waals surface area contributed by atoms with Crippen LogP contribution in [0.15, 0.2) is 18.2 Å².